The van der Waals surface area contributed by atoms with E-state index in [0.717, 1.165) is 4.90 Å². The average molecular weight is 270 g/mol. The van der Waals surface area contributed by atoms with Gasteiger partial charge in [0.1, 0.15) is 0 Å². The summed E-state index contributed by atoms with van der Waals surface area (Å²) in [5.74, 6) is 0.0846. The number of hydrogen-bond acceptors (Lipinski definition) is 1. The van der Waals surface area contributed by atoms with Crippen LogP contribution in [0.3, 0.4) is 0 Å². The minimum atomic E-state index is -2.51. The average Bonchev–Trinajstić information content (AvgIpc) is 2.14. The highest BCUT2D eigenvalue weighted by Gasteiger charge is 2.26. The summed E-state index contributed by atoms with van der Waals surface area (Å²) in [5.41, 5.74) is -0.00682. The highest BCUT2D eigenvalue weighted by atomic mass is 35.5. The summed E-state index contributed by atoms with van der Waals surface area (Å²) >= 11 is 5.51. The first-order valence-corrected chi connectivity index (χ1v) is 6.33. The molecule has 0 fully saturated rings. The van der Waals surface area contributed by atoms with Crippen molar-refractivity contribution in [2.75, 3.05) is 19.0 Å². The molecule has 0 N–H and O–H groups in total. The molecule has 0 aromatic heterocycles. The predicted octanol–water partition coefficient (Wildman–Crippen LogP) is 3.39. The molecule has 102 valence electrons. The van der Waals surface area contributed by atoms with Crippen LogP contribution in [-0.2, 0) is 4.79 Å². The van der Waals surface area contributed by atoms with E-state index in [1.807, 2.05) is 27.7 Å². The minimum absolute atomic E-state index is 0.00682. The number of carbonyl (C=O) groups excluding carboxylic acids is 1. The van der Waals surface area contributed by atoms with Gasteiger partial charge in [0.15, 0.2) is 0 Å². The van der Waals surface area contributed by atoms with E-state index >= 15 is 0 Å². The number of amides is 1. The molecule has 5 heteroatoms. The zero-order valence-electron chi connectivity index (χ0n) is 11.0. The lowest BCUT2D eigenvalue weighted by molar-refractivity contribution is -0.134. The van der Waals surface area contributed by atoms with Gasteiger partial charge in [-0.3, -0.25) is 4.79 Å². The summed E-state index contributed by atoms with van der Waals surface area (Å²) < 4.78 is 24.6. The van der Waals surface area contributed by atoms with Crippen LogP contribution in [0.4, 0.5) is 8.78 Å². The van der Waals surface area contributed by atoms with Crippen LogP contribution in [-0.4, -0.2) is 36.2 Å². The second kappa shape index (κ2) is 7.14. The molecule has 0 aliphatic heterocycles. The van der Waals surface area contributed by atoms with Gasteiger partial charge in [0.05, 0.1) is 6.54 Å². The Hall–Kier alpha value is -0.380. The summed E-state index contributed by atoms with van der Waals surface area (Å²) in [6.07, 6.45) is -2.22. The maximum Gasteiger partial charge on any atom is 0.255 e. The second-order valence-electron chi connectivity index (χ2n) is 5.39. The van der Waals surface area contributed by atoms with Crippen LogP contribution < -0.4 is 0 Å². The number of halogens is 3. The highest BCUT2D eigenvalue weighted by Crippen LogP contribution is 2.28. The Bertz CT molecular complexity index is 241. The number of carbonyl (C=O) groups is 1. The molecular weight excluding hydrogens is 248 g/mol. The lowest BCUT2D eigenvalue weighted by Gasteiger charge is -2.29. The van der Waals surface area contributed by atoms with Crippen molar-refractivity contribution in [3.8, 4) is 0 Å². The molecule has 0 saturated heterocycles. The van der Waals surface area contributed by atoms with Gasteiger partial charge in [-0.05, 0) is 11.3 Å². The van der Waals surface area contributed by atoms with E-state index in [1.165, 1.54) is 0 Å². The molecule has 1 atom stereocenters. The van der Waals surface area contributed by atoms with Crippen LogP contribution in [0.2, 0.25) is 0 Å². The third kappa shape index (κ3) is 6.81. The molecule has 0 heterocycles. The Morgan fingerprint density at radius 2 is 1.88 bits per heavy atom. The Labute approximate surface area is 107 Å². The molecule has 1 unspecified atom stereocenters. The van der Waals surface area contributed by atoms with Crippen LogP contribution in [0.25, 0.3) is 0 Å². The fraction of sp³-hybridized carbons (Fsp3) is 0.917. The van der Waals surface area contributed by atoms with E-state index in [1.54, 1.807) is 0 Å². The van der Waals surface area contributed by atoms with Gasteiger partial charge in [0.25, 0.3) is 6.43 Å². The minimum Gasteiger partial charge on any atom is -0.336 e. The zero-order valence-corrected chi connectivity index (χ0v) is 11.7. The van der Waals surface area contributed by atoms with Crippen molar-refractivity contribution in [3.05, 3.63) is 0 Å². The monoisotopic (exact) mass is 269 g/mol. The Morgan fingerprint density at radius 3 is 2.24 bits per heavy atom. The Balaban J connectivity index is 4.42. The Morgan fingerprint density at radius 1 is 1.35 bits per heavy atom. The van der Waals surface area contributed by atoms with Crippen molar-refractivity contribution in [2.45, 2.75) is 40.5 Å². The molecule has 0 aliphatic carbocycles. The van der Waals surface area contributed by atoms with Gasteiger partial charge < -0.3 is 4.90 Å². The van der Waals surface area contributed by atoms with Gasteiger partial charge in [-0.2, -0.15) is 0 Å². The van der Waals surface area contributed by atoms with E-state index < -0.39 is 13.0 Å². The molecule has 0 radical (unpaired) electrons. The third-order valence-corrected chi connectivity index (χ3v) is 3.19. The number of rotatable bonds is 6. The fourth-order valence-corrected chi connectivity index (χ4v) is 1.49. The predicted molar refractivity (Wildman–Crippen MR) is 66.5 cm³/mol. The van der Waals surface area contributed by atoms with Crippen LogP contribution in [0.15, 0.2) is 0 Å². The first-order valence-electron chi connectivity index (χ1n) is 5.80. The third-order valence-electron chi connectivity index (χ3n) is 3.02. The molecule has 0 spiro atoms. The molecule has 0 saturated carbocycles. The fourth-order valence-electron chi connectivity index (χ4n) is 1.28. The summed E-state index contributed by atoms with van der Waals surface area (Å²) in [6.45, 7) is 7.71. The summed E-state index contributed by atoms with van der Waals surface area (Å²) in [6, 6.07) is 0. The normalized spacial score (nSPS) is 13.9. The van der Waals surface area contributed by atoms with Crippen molar-refractivity contribution in [2.24, 2.45) is 11.3 Å². The zero-order chi connectivity index (χ0) is 13.6. The molecule has 0 rings (SSSR count). The number of hydrogen-bond donors (Lipinski definition) is 0. The maximum absolute atomic E-state index is 12.3. The molecule has 0 aromatic carbocycles. The van der Waals surface area contributed by atoms with Crippen molar-refractivity contribution in [1.29, 1.82) is 0 Å². The first kappa shape index (κ1) is 16.6. The lowest BCUT2D eigenvalue weighted by atomic mass is 9.80. The van der Waals surface area contributed by atoms with Crippen LogP contribution in [0, 0.1) is 11.3 Å². The van der Waals surface area contributed by atoms with Crippen molar-refractivity contribution >= 4 is 17.5 Å². The van der Waals surface area contributed by atoms with Crippen LogP contribution in [0.1, 0.15) is 34.1 Å². The SMILES string of the molecule is CC(CC(=O)N(CCCl)CC(F)F)C(C)(C)C. The van der Waals surface area contributed by atoms with E-state index in [2.05, 4.69) is 0 Å². The smallest absolute Gasteiger partial charge is 0.255 e. The highest BCUT2D eigenvalue weighted by molar-refractivity contribution is 6.18. The number of alkyl halides is 3. The molecule has 0 bridgehead atoms. The van der Waals surface area contributed by atoms with Gasteiger partial charge >= 0.3 is 0 Å². The molecular formula is C12H22ClF2NO. The quantitative estimate of drug-likeness (QED) is 0.677. The maximum atomic E-state index is 12.3. The summed E-state index contributed by atoms with van der Waals surface area (Å²) in [4.78, 5) is 13.0. The second-order valence-corrected chi connectivity index (χ2v) is 5.77. The van der Waals surface area contributed by atoms with Gasteiger partial charge in [-0.1, -0.05) is 27.7 Å². The van der Waals surface area contributed by atoms with Crippen LogP contribution >= 0.6 is 11.6 Å². The molecule has 17 heavy (non-hydrogen) atoms. The van der Waals surface area contributed by atoms with Gasteiger partial charge in [-0.25, -0.2) is 8.78 Å². The van der Waals surface area contributed by atoms with Gasteiger partial charge in [0, 0.05) is 18.8 Å². The van der Waals surface area contributed by atoms with Gasteiger partial charge in [0.2, 0.25) is 5.91 Å². The van der Waals surface area contributed by atoms with Crippen molar-refractivity contribution in [3.63, 3.8) is 0 Å². The Kier molecular flexibility index (Phi) is 6.98. The number of nitrogens with zero attached hydrogens (tertiary/aromatic N) is 1. The summed E-state index contributed by atoms with van der Waals surface area (Å²) in [5, 5.41) is 0. The topological polar surface area (TPSA) is 20.3 Å². The van der Waals surface area contributed by atoms with Gasteiger partial charge in [-0.15, -0.1) is 11.6 Å². The largest absolute Gasteiger partial charge is 0.336 e. The standard InChI is InChI=1S/C12H22ClF2NO/c1-9(12(2,3)4)7-11(17)16(6-5-13)8-10(14)15/h9-10H,5-8H2,1-4H3. The van der Waals surface area contributed by atoms with E-state index in [0.29, 0.717) is 0 Å². The van der Waals surface area contributed by atoms with E-state index in [9.17, 15) is 13.6 Å². The van der Waals surface area contributed by atoms with E-state index in [-0.39, 0.29) is 36.1 Å². The molecule has 0 aromatic rings. The first-order chi connectivity index (χ1) is 7.68. The van der Waals surface area contributed by atoms with E-state index in [4.69, 9.17) is 11.6 Å². The molecule has 1 amide bonds. The molecule has 0 aliphatic rings. The lowest BCUT2D eigenvalue weighted by Crippen LogP contribution is -2.38. The van der Waals surface area contributed by atoms with Crippen molar-refractivity contribution in [1.82, 2.24) is 4.90 Å². The summed E-state index contributed by atoms with van der Waals surface area (Å²) in [7, 11) is 0. The van der Waals surface area contributed by atoms with Crippen molar-refractivity contribution < 1.29 is 13.6 Å². The molecule has 2 nitrogen and oxygen atoms in total. The van der Waals surface area contributed by atoms with Crippen LogP contribution in [0.5, 0.6) is 0 Å².